The maximum atomic E-state index is 5.97. The van der Waals surface area contributed by atoms with E-state index < -0.39 is 0 Å². The number of halogens is 1. The standard InChI is InChI=1S/C9H8ClN3/c10-7-3-1-2-4-8(7)13-6-5-9(11)12-13/h1-6H,(H2,11,12). The molecular formula is C9H8ClN3. The molecule has 1 heterocycles. The van der Waals surface area contributed by atoms with Gasteiger partial charge in [0.15, 0.2) is 0 Å². The molecule has 0 saturated carbocycles. The fourth-order valence-electron chi connectivity index (χ4n) is 1.11. The number of rotatable bonds is 1. The third-order valence-corrected chi connectivity index (χ3v) is 2.03. The van der Waals surface area contributed by atoms with Crippen molar-refractivity contribution in [3.8, 4) is 5.69 Å². The predicted molar refractivity (Wildman–Crippen MR) is 53.0 cm³/mol. The molecule has 0 atom stereocenters. The van der Waals surface area contributed by atoms with Gasteiger partial charge in [-0.3, -0.25) is 0 Å². The molecule has 0 aliphatic rings. The van der Waals surface area contributed by atoms with Crippen LogP contribution < -0.4 is 5.73 Å². The molecule has 0 spiro atoms. The van der Waals surface area contributed by atoms with Crippen LogP contribution in [0, 0.1) is 0 Å². The van der Waals surface area contributed by atoms with Crippen molar-refractivity contribution in [2.45, 2.75) is 0 Å². The monoisotopic (exact) mass is 193 g/mol. The van der Waals surface area contributed by atoms with Crippen LogP contribution >= 0.6 is 11.6 Å². The van der Waals surface area contributed by atoms with E-state index in [9.17, 15) is 0 Å². The molecule has 2 N–H and O–H groups in total. The summed E-state index contributed by atoms with van der Waals surface area (Å²) in [5, 5.41) is 4.71. The first-order valence-electron chi connectivity index (χ1n) is 3.83. The Kier molecular flexibility index (Phi) is 1.94. The largest absolute Gasteiger partial charge is 0.382 e. The van der Waals surface area contributed by atoms with Crippen molar-refractivity contribution in [1.29, 1.82) is 0 Å². The Hall–Kier alpha value is -1.48. The Balaban J connectivity index is 2.52. The Morgan fingerprint density at radius 2 is 2.00 bits per heavy atom. The zero-order valence-electron chi connectivity index (χ0n) is 6.81. The van der Waals surface area contributed by atoms with Gasteiger partial charge in [0, 0.05) is 12.3 Å². The lowest BCUT2D eigenvalue weighted by Gasteiger charge is -2.02. The highest BCUT2D eigenvalue weighted by Crippen LogP contribution is 2.19. The van der Waals surface area contributed by atoms with Crippen LogP contribution in [0.25, 0.3) is 5.69 Å². The highest BCUT2D eigenvalue weighted by atomic mass is 35.5. The summed E-state index contributed by atoms with van der Waals surface area (Å²) < 4.78 is 1.65. The summed E-state index contributed by atoms with van der Waals surface area (Å²) in [4.78, 5) is 0. The number of nitrogens with two attached hydrogens (primary N) is 1. The highest BCUT2D eigenvalue weighted by molar-refractivity contribution is 6.32. The minimum atomic E-state index is 0.486. The fourth-order valence-corrected chi connectivity index (χ4v) is 1.33. The quantitative estimate of drug-likeness (QED) is 0.754. The van der Waals surface area contributed by atoms with Crippen molar-refractivity contribution < 1.29 is 0 Å². The maximum Gasteiger partial charge on any atom is 0.145 e. The molecule has 0 radical (unpaired) electrons. The third kappa shape index (κ3) is 1.51. The molecular weight excluding hydrogens is 186 g/mol. The third-order valence-electron chi connectivity index (χ3n) is 1.71. The van der Waals surface area contributed by atoms with Crippen LogP contribution in [0.2, 0.25) is 5.02 Å². The van der Waals surface area contributed by atoms with Crippen LogP contribution in [0.4, 0.5) is 5.82 Å². The lowest BCUT2D eigenvalue weighted by Crippen LogP contribution is -1.96. The van der Waals surface area contributed by atoms with Crippen LogP contribution in [0.5, 0.6) is 0 Å². The first-order chi connectivity index (χ1) is 6.27. The number of aromatic nitrogens is 2. The Morgan fingerprint density at radius 3 is 2.62 bits per heavy atom. The number of benzene rings is 1. The van der Waals surface area contributed by atoms with Crippen LogP contribution in [-0.4, -0.2) is 9.78 Å². The van der Waals surface area contributed by atoms with Gasteiger partial charge in [0.1, 0.15) is 5.82 Å². The van der Waals surface area contributed by atoms with Crippen LogP contribution in [0.3, 0.4) is 0 Å². The van der Waals surface area contributed by atoms with E-state index in [2.05, 4.69) is 5.10 Å². The van der Waals surface area contributed by atoms with Crippen LogP contribution in [-0.2, 0) is 0 Å². The molecule has 4 heteroatoms. The van der Waals surface area contributed by atoms with Crippen molar-refractivity contribution in [3.63, 3.8) is 0 Å². The van der Waals surface area contributed by atoms with Crippen LogP contribution in [0.1, 0.15) is 0 Å². The van der Waals surface area contributed by atoms with E-state index in [-0.39, 0.29) is 0 Å². The van der Waals surface area contributed by atoms with Crippen molar-refractivity contribution in [3.05, 3.63) is 41.6 Å². The Labute approximate surface area is 80.7 Å². The summed E-state index contributed by atoms with van der Waals surface area (Å²) in [6, 6.07) is 9.20. The first kappa shape index (κ1) is 8.13. The van der Waals surface area contributed by atoms with Gasteiger partial charge in [-0.1, -0.05) is 23.7 Å². The summed E-state index contributed by atoms with van der Waals surface area (Å²) >= 11 is 5.97. The van der Waals surface area contributed by atoms with Gasteiger partial charge in [-0.25, -0.2) is 4.68 Å². The molecule has 13 heavy (non-hydrogen) atoms. The van der Waals surface area contributed by atoms with Crippen molar-refractivity contribution in [2.75, 3.05) is 5.73 Å². The van der Waals surface area contributed by atoms with Gasteiger partial charge in [-0.2, -0.15) is 5.10 Å². The molecule has 0 aliphatic heterocycles. The minimum Gasteiger partial charge on any atom is -0.382 e. The number of hydrogen-bond acceptors (Lipinski definition) is 2. The fraction of sp³-hybridized carbons (Fsp3) is 0. The average Bonchev–Trinajstić information content (AvgIpc) is 2.53. The molecule has 0 amide bonds. The van der Waals surface area contributed by atoms with Gasteiger partial charge in [0.2, 0.25) is 0 Å². The van der Waals surface area contributed by atoms with Crippen molar-refractivity contribution in [2.24, 2.45) is 0 Å². The van der Waals surface area contributed by atoms with Gasteiger partial charge in [0.25, 0.3) is 0 Å². The molecule has 0 unspecified atom stereocenters. The summed E-state index contributed by atoms with van der Waals surface area (Å²) in [5.41, 5.74) is 6.33. The molecule has 1 aromatic heterocycles. The first-order valence-corrected chi connectivity index (χ1v) is 4.21. The molecule has 0 aliphatic carbocycles. The lowest BCUT2D eigenvalue weighted by molar-refractivity contribution is 0.886. The summed E-state index contributed by atoms with van der Waals surface area (Å²) in [7, 11) is 0. The summed E-state index contributed by atoms with van der Waals surface area (Å²) in [6.07, 6.45) is 1.77. The number of nitrogen functional groups attached to an aromatic ring is 1. The topological polar surface area (TPSA) is 43.8 Å². The minimum absolute atomic E-state index is 0.486. The van der Waals surface area contributed by atoms with E-state index in [1.54, 1.807) is 16.9 Å². The van der Waals surface area contributed by atoms with Gasteiger partial charge in [0.05, 0.1) is 10.7 Å². The van der Waals surface area contributed by atoms with Gasteiger partial charge >= 0.3 is 0 Å². The Bertz CT molecular complexity index is 422. The van der Waals surface area contributed by atoms with E-state index in [1.165, 1.54) is 0 Å². The van der Waals surface area contributed by atoms with Gasteiger partial charge < -0.3 is 5.73 Å². The van der Waals surface area contributed by atoms with Gasteiger partial charge in [-0.15, -0.1) is 0 Å². The van der Waals surface area contributed by atoms with E-state index in [1.807, 2.05) is 24.3 Å². The molecule has 0 bridgehead atoms. The normalized spacial score (nSPS) is 10.2. The second-order valence-electron chi connectivity index (χ2n) is 2.64. The van der Waals surface area contributed by atoms with Crippen molar-refractivity contribution >= 4 is 17.4 Å². The highest BCUT2D eigenvalue weighted by Gasteiger charge is 2.01. The maximum absolute atomic E-state index is 5.97. The molecule has 1 aromatic carbocycles. The van der Waals surface area contributed by atoms with E-state index >= 15 is 0 Å². The second-order valence-corrected chi connectivity index (χ2v) is 3.04. The second kappa shape index (κ2) is 3.11. The molecule has 2 rings (SSSR count). The smallest absolute Gasteiger partial charge is 0.145 e. The van der Waals surface area contributed by atoms with Gasteiger partial charge in [-0.05, 0) is 12.1 Å². The number of hydrogen-bond donors (Lipinski definition) is 1. The van der Waals surface area contributed by atoms with Crippen LogP contribution in [0.15, 0.2) is 36.5 Å². The summed E-state index contributed by atoms with van der Waals surface area (Å²) in [5.74, 6) is 0.486. The Morgan fingerprint density at radius 1 is 1.23 bits per heavy atom. The van der Waals surface area contributed by atoms with E-state index in [4.69, 9.17) is 17.3 Å². The zero-order valence-corrected chi connectivity index (χ0v) is 7.57. The molecule has 3 nitrogen and oxygen atoms in total. The van der Waals surface area contributed by atoms with Crippen molar-refractivity contribution in [1.82, 2.24) is 9.78 Å². The average molecular weight is 194 g/mol. The summed E-state index contributed by atoms with van der Waals surface area (Å²) in [6.45, 7) is 0. The molecule has 2 aromatic rings. The number of para-hydroxylation sites is 1. The predicted octanol–water partition coefficient (Wildman–Crippen LogP) is 2.11. The van der Waals surface area contributed by atoms with E-state index in [0.29, 0.717) is 10.8 Å². The lowest BCUT2D eigenvalue weighted by atomic mass is 10.3. The number of nitrogens with zero attached hydrogens (tertiary/aromatic N) is 2. The van der Waals surface area contributed by atoms with E-state index in [0.717, 1.165) is 5.69 Å². The SMILES string of the molecule is Nc1ccn(-c2ccccc2Cl)n1. The molecule has 0 saturated heterocycles. The molecule has 66 valence electrons. The number of anilines is 1. The zero-order chi connectivity index (χ0) is 9.26. The molecule has 0 fully saturated rings.